The Morgan fingerprint density at radius 3 is 2.24 bits per heavy atom. The first-order valence-electron chi connectivity index (χ1n) is 5.79. The summed E-state index contributed by atoms with van der Waals surface area (Å²) in [6, 6.07) is 16.6. The highest BCUT2D eigenvalue weighted by atomic mass is 35.5. The molecule has 0 radical (unpaired) electrons. The van der Waals surface area contributed by atoms with E-state index in [1.54, 1.807) is 0 Å². The van der Waals surface area contributed by atoms with E-state index < -0.39 is 0 Å². The van der Waals surface area contributed by atoms with Gasteiger partial charge in [-0.2, -0.15) is 0 Å². The molecule has 2 aromatic rings. The Labute approximate surface area is 108 Å². The van der Waals surface area contributed by atoms with Gasteiger partial charge in [-0.05, 0) is 23.8 Å². The summed E-state index contributed by atoms with van der Waals surface area (Å²) in [5.41, 5.74) is 4.01. The van der Waals surface area contributed by atoms with E-state index in [0.717, 1.165) is 11.4 Å². The largest absolute Gasteiger partial charge is 0.307 e. The molecule has 0 spiro atoms. The second kappa shape index (κ2) is 5.35. The molecule has 17 heavy (non-hydrogen) atoms. The number of benzene rings is 2. The number of nitrogens with one attached hydrogen (secondary N) is 1. The molecule has 88 valence electrons. The first-order chi connectivity index (χ1) is 8.16. The summed E-state index contributed by atoms with van der Waals surface area (Å²) in [5.74, 6) is 0. The number of halogens is 1. The molecule has 0 amide bonds. The highest BCUT2D eigenvalue weighted by Crippen LogP contribution is 2.17. The van der Waals surface area contributed by atoms with E-state index in [1.165, 1.54) is 21.7 Å². The van der Waals surface area contributed by atoms with Crippen LogP contribution in [0.5, 0.6) is 0 Å². The number of quaternary nitrogens is 1. The average molecular weight is 247 g/mol. The van der Waals surface area contributed by atoms with Crippen LogP contribution in [0.4, 0.5) is 5.69 Å². The Hall–Kier alpha value is -1.31. The van der Waals surface area contributed by atoms with Gasteiger partial charge in [-0.1, -0.05) is 41.9 Å². The molecule has 0 heterocycles. The van der Waals surface area contributed by atoms with Gasteiger partial charge in [0.15, 0.2) is 0 Å². The van der Waals surface area contributed by atoms with Crippen molar-refractivity contribution in [3.05, 3.63) is 64.7 Å². The van der Waals surface area contributed by atoms with E-state index in [2.05, 4.69) is 50.5 Å². The van der Waals surface area contributed by atoms with E-state index in [9.17, 15) is 0 Å². The van der Waals surface area contributed by atoms with Gasteiger partial charge in [0.25, 0.3) is 0 Å². The molecule has 0 bridgehead atoms. The van der Waals surface area contributed by atoms with E-state index >= 15 is 0 Å². The molecule has 1 nitrogen and oxygen atoms in total. The van der Waals surface area contributed by atoms with Crippen LogP contribution in [0, 0.1) is 0 Å². The number of hydrogen-bond donors (Lipinski definition) is 1. The van der Waals surface area contributed by atoms with Crippen LogP contribution in [0.2, 0.25) is 5.02 Å². The Morgan fingerprint density at radius 1 is 0.941 bits per heavy atom. The molecular weight excluding hydrogens is 230 g/mol. The van der Waals surface area contributed by atoms with Crippen molar-refractivity contribution in [1.29, 1.82) is 0 Å². The maximum absolute atomic E-state index is 5.89. The van der Waals surface area contributed by atoms with Crippen LogP contribution < -0.4 is 4.90 Å². The van der Waals surface area contributed by atoms with Crippen molar-refractivity contribution in [3.63, 3.8) is 0 Å². The molecule has 0 saturated heterocycles. The van der Waals surface area contributed by atoms with Gasteiger partial charge in [-0.3, -0.25) is 0 Å². The maximum Gasteiger partial charge on any atom is 0.134 e. The summed E-state index contributed by atoms with van der Waals surface area (Å²) in [7, 11) is 4.31. The normalized spacial score (nSPS) is 10.8. The van der Waals surface area contributed by atoms with Crippen LogP contribution in [-0.2, 0) is 6.42 Å². The Morgan fingerprint density at radius 2 is 1.59 bits per heavy atom. The van der Waals surface area contributed by atoms with Crippen molar-refractivity contribution in [1.82, 2.24) is 0 Å². The minimum Gasteiger partial charge on any atom is -0.307 e. The molecule has 0 atom stereocenters. The van der Waals surface area contributed by atoms with Crippen LogP contribution in [0.1, 0.15) is 11.1 Å². The van der Waals surface area contributed by atoms with Gasteiger partial charge in [0.2, 0.25) is 0 Å². The van der Waals surface area contributed by atoms with Crippen LogP contribution in [0.15, 0.2) is 48.5 Å². The fourth-order valence-corrected chi connectivity index (χ4v) is 2.11. The zero-order valence-corrected chi connectivity index (χ0v) is 11.0. The fourth-order valence-electron chi connectivity index (χ4n) is 1.98. The summed E-state index contributed by atoms with van der Waals surface area (Å²) in [4.78, 5) is 1.36. The van der Waals surface area contributed by atoms with Crippen LogP contribution in [-0.4, -0.2) is 14.1 Å². The van der Waals surface area contributed by atoms with E-state index in [0.29, 0.717) is 0 Å². The molecule has 0 fully saturated rings. The van der Waals surface area contributed by atoms with Gasteiger partial charge in [0, 0.05) is 17.0 Å². The highest BCUT2D eigenvalue weighted by Gasteiger charge is 2.08. The summed E-state index contributed by atoms with van der Waals surface area (Å²) in [6.07, 6.45) is 0.957. The molecule has 0 aliphatic carbocycles. The maximum atomic E-state index is 5.89. The molecule has 0 aliphatic rings. The Bertz CT molecular complexity index is 489. The SMILES string of the molecule is C[NH+](C)c1ccccc1Cc1ccc(Cl)cc1. The second-order valence-corrected chi connectivity index (χ2v) is 4.90. The van der Waals surface area contributed by atoms with E-state index in [1.807, 2.05) is 12.1 Å². The number of para-hydroxylation sites is 1. The van der Waals surface area contributed by atoms with Crippen molar-refractivity contribution in [2.45, 2.75) is 6.42 Å². The van der Waals surface area contributed by atoms with Gasteiger partial charge in [0.1, 0.15) is 5.69 Å². The second-order valence-electron chi connectivity index (χ2n) is 4.46. The molecule has 0 aromatic heterocycles. The van der Waals surface area contributed by atoms with Gasteiger partial charge in [-0.15, -0.1) is 0 Å². The van der Waals surface area contributed by atoms with E-state index in [-0.39, 0.29) is 0 Å². The molecule has 2 heteroatoms. The zero-order valence-electron chi connectivity index (χ0n) is 10.2. The van der Waals surface area contributed by atoms with Gasteiger partial charge in [-0.25, -0.2) is 0 Å². The summed E-state index contributed by atoms with van der Waals surface area (Å²) < 4.78 is 0. The summed E-state index contributed by atoms with van der Waals surface area (Å²) in [6.45, 7) is 0. The molecule has 2 rings (SSSR count). The van der Waals surface area contributed by atoms with Gasteiger partial charge >= 0.3 is 0 Å². The van der Waals surface area contributed by atoms with Crippen molar-refractivity contribution in [3.8, 4) is 0 Å². The molecule has 2 aromatic carbocycles. The smallest absolute Gasteiger partial charge is 0.134 e. The first kappa shape index (κ1) is 12.2. The van der Waals surface area contributed by atoms with Crippen molar-refractivity contribution >= 4 is 17.3 Å². The van der Waals surface area contributed by atoms with Crippen molar-refractivity contribution in [2.24, 2.45) is 0 Å². The molecule has 0 unspecified atom stereocenters. The first-order valence-corrected chi connectivity index (χ1v) is 6.17. The lowest BCUT2D eigenvalue weighted by molar-refractivity contribution is -0.786. The fraction of sp³-hybridized carbons (Fsp3) is 0.200. The molecule has 0 saturated carbocycles. The minimum atomic E-state index is 0.792. The lowest BCUT2D eigenvalue weighted by Crippen LogP contribution is -3.00. The number of rotatable bonds is 3. The monoisotopic (exact) mass is 246 g/mol. The third-order valence-corrected chi connectivity index (χ3v) is 3.12. The Balaban J connectivity index is 2.26. The quantitative estimate of drug-likeness (QED) is 0.850. The standard InChI is InChI=1S/C15H16ClN/c1-17(2)15-6-4-3-5-13(15)11-12-7-9-14(16)10-8-12/h3-10H,11H2,1-2H3/p+1. The molecule has 1 N–H and O–H groups in total. The summed E-state index contributed by atoms with van der Waals surface area (Å²) in [5, 5.41) is 0.792. The van der Waals surface area contributed by atoms with Crippen molar-refractivity contribution < 1.29 is 4.90 Å². The topological polar surface area (TPSA) is 4.44 Å². The lowest BCUT2D eigenvalue weighted by atomic mass is 10.0. The molecular formula is C15H17ClN+. The van der Waals surface area contributed by atoms with Crippen LogP contribution in [0.3, 0.4) is 0 Å². The van der Waals surface area contributed by atoms with Gasteiger partial charge < -0.3 is 4.90 Å². The van der Waals surface area contributed by atoms with Crippen LogP contribution >= 0.6 is 11.6 Å². The molecule has 0 aliphatic heterocycles. The Kier molecular flexibility index (Phi) is 3.82. The minimum absolute atomic E-state index is 0.792. The van der Waals surface area contributed by atoms with Gasteiger partial charge in [0.05, 0.1) is 14.1 Å². The lowest BCUT2D eigenvalue weighted by Gasteiger charge is -2.12. The predicted molar refractivity (Wildman–Crippen MR) is 73.2 cm³/mol. The zero-order chi connectivity index (χ0) is 12.3. The predicted octanol–water partition coefficient (Wildman–Crippen LogP) is 2.71. The number of hydrogen-bond acceptors (Lipinski definition) is 0. The summed E-state index contributed by atoms with van der Waals surface area (Å²) >= 11 is 5.89. The van der Waals surface area contributed by atoms with Crippen molar-refractivity contribution in [2.75, 3.05) is 14.1 Å². The van der Waals surface area contributed by atoms with E-state index in [4.69, 9.17) is 11.6 Å². The van der Waals surface area contributed by atoms with Crippen LogP contribution in [0.25, 0.3) is 0 Å². The third kappa shape index (κ3) is 3.09. The average Bonchev–Trinajstić information content (AvgIpc) is 2.32. The highest BCUT2D eigenvalue weighted by molar-refractivity contribution is 6.30. The third-order valence-electron chi connectivity index (χ3n) is 2.86.